The molecule has 0 spiro atoms. The van der Waals surface area contributed by atoms with E-state index in [1.807, 2.05) is 0 Å². The number of aliphatic carboxylic acids is 1. The van der Waals surface area contributed by atoms with Crippen molar-refractivity contribution >= 4 is 21.7 Å². The zero-order valence-corrected chi connectivity index (χ0v) is 11.2. The Morgan fingerprint density at radius 1 is 1.26 bits per heavy atom. The molecule has 104 valence electrons. The number of nitrogens with one attached hydrogen (secondary N) is 1. The molecule has 1 rings (SSSR count). The van der Waals surface area contributed by atoms with Gasteiger partial charge in [-0.25, -0.2) is 13.2 Å². The van der Waals surface area contributed by atoms with Crippen LogP contribution >= 0.6 is 0 Å². The molecule has 1 amide bonds. The fraction of sp³-hybridized carbons (Fsp3) is 0.333. The number of hydrogen-bond donors (Lipinski definition) is 2. The largest absolute Gasteiger partial charge is 0.479 e. The maximum atomic E-state index is 11.6. The van der Waals surface area contributed by atoms with Crippen molar-refractivity contribution in [3.63, 3.8) is 0 Å². The molecule has 0 saturated carbocycles. The summed E-state index contributed by atoms with van der Waals surface area (Å²) in [5.74, 6) is -2.93. The second-order valence-electron chi connectivity index (χ2n) is 3.93. The molecular weight excluding hydrogens is 270 g/mol. The van der Waals surface area contributed by atoms with Crippen molar-refractivity contribution in [2.24, 2.45) is 0 Å². The van der Waals surface area contributed by atoms with Crippen LogP contribution in [0.3, 0.4) is 0 Å². The fourth-order valence-corrected chi connectivity index (χ4v) is 2.12. The van der Waals surface area contributed by atoms with Crippen LogP contribution in [0.4, 0.5) is 0 Å². The molecule has 0 radical (unpaired) electrons. The molecule has 0 unspecified atom stereocenters. The molecule has 0 aromatic heterocycles. The van der Waals surface area contributed by atoms with Crippen LogP contribution in [0.2, 0.25) is 0 Å². The van der Waals surface area contributed by atoms with E-state index in [9.17, 15) is 18.0 Å². The smallest absolute Gasteiger partial charge is 0.330 e. The lowest BCUT2D eigenvalue weighted by atomic mass is 10.1. The van der Waals surface area contributed by atoms with Gasteiger partial charge in [0.05, 0.1) is 0 Å². The third-order valence-corrected chi connectivity index (χ3v) is 4.06. The Morgan fingerprint density at radius 2 is 1.84 bits per heavy atom. The third-order valence-electron chi connectivity index (χ3n) is 2.48. The molecule has 19 heavy (non-hydrogen) atoms. The Morgan fingerprint density at radius 3 is 2.32 bits per heavy atom. The maximum Gasteiger partial charge on any atom is 0.330 e. The van der Waals surface area contributed by atoms with Crippen molar-refractivity contribution in [3.8, 4) is 0 Å². The molecule has 2 N–H and O–H groups in total. The number of carboxylic acid groups (broad SMARTS) is 1. The van der Waals surface area contributed by atoms with Crippen LogP contribution in [0.1, 0.15) is 18.5 Å². The summed E-state index contributed by atoms with van der Waals surface area (Å²) in [7, 11) is -3.48. The Bertz CT molecular complexity index is 553. The zero-order chi connectivity index (χ0) is 14.5. The summed E-state index contributed by atoms with van der Waals surface area (Å²) < 4.78 is 22.6. The summed E-state index contributed by atoms with van der Waals surface area (Å²) in [6.07, 6.45) is 0. The first kappa shape index (κ1) is 15.2. The predicted molar refractivity (Wildman–Crippen MR) is 69.3 cm³/mol. The minimum atomic E-state index is -3.48. The first-order valence-electron chi connectivity index (χ1n) is 5.63. The predicted octanol–water partition coefficient (Wildman–Crippen LogP) is 0.363. The first-order valence-corrected chi connectivity index (χ1v) is 7.45. The lowest BCUT2D eigenvalue weighted by Crippen LogP contribution is -2.37. The number of carbonyl (C=O) groups excluding carboxylic acids is 1. The number of sulfone groups is 1. The SMILES string of the molecule is CCS(=O)(=O)CC(=O)N[C@H](C(=O)O)c1ccccc1. The first-order chi connectivity index (χ1) is 8.85. The molecule has 0 aliphatic carbocycles. The van der Waals surface area contributed by atoms with Crippen molar-refractivity contribution < 1.29 is 23.1 Å². The van der Waals surface area contributed by atoms with Gasteiger partial charge in [-0.05, 0) is 5.56 Å². The number of amides is 1. The monoisotopic (exact) mass is 285 g/mol. The number of benzene rings is 1. The number of hydrogen-bond acceptors (Lipinski definition) is 4. The molecule has 6 nitrogen and oxygen atoms in total. The molecule has 0 aliphatic heterocycles. The number of carbonyl (C=O) groups is 2. The van der Waals surface area contributed by atoms with Crippen molar-refractivity contribution in [1.82, 2.24) is 5.32 Å². The van der Waals surface area contributed by atoms with E-state index in [4.69, 9.17) is 5.11 Å². The summed E-state index contributed by atoms with van der Waals surface area (Å²) in [5.41, 5.74) is 0.386. The van der Waals surface area contributed by atoms with E-state index in [-0.39, 0.29) is 5.75 Å². The Kier molecular flexibility index (Phi) is 5.05. The van der Waals surface area contributed by atoms with Gasteiger partial charge in [-0.15, -0.1) is 0 Å². The lowest BCUT2D eigenvalue weighted by molar-refractivity contribution is -0.141. The van der Waals surface area contributed by atoms with Gasteiger partial charge in [-0.1, -0.05) is 37.3 Å². The zero-order valence-electron chi connectivity index (χ0n) is 10.4. The van der Waals surface area contributed by atoms with Crippen molar-refractivity contribution in [3.05, 3.63) is 35.9 Å². The van der Waals surface area contributed by atoms with Gasteiger partial charge in [0.1, 0.15) is 5.75 Å². The highest BCUT2D eigenvalue weighted by molar-refractivity contribution is 7.92. The van der Waals surface area contributed by atoms with E-state index in [1.54, 1.807) is 30.3 Å². The van der Waals surface area contributed by atoms with E-state index in [0.29, 0.717) is 5.56 Å². The molecule has 0 fully saturated rings. The normalized spacial score (nSPS) is 12.7. The Balaban J connectivity index is 2.82. The van der Waals surface area contributed by atoms with Crippen LogP contribution in [0, 0.1) is 0 Å². The quantitative estimate of drug-likeness (QED) is 0.786. The van der Waals surface area contributed by atoms with Crippen LogP contribution in [0.5, 0.6) is 0 Å². The molecule has 1 aromatic carbocycles. The summed E-state index contributed by atoms with van der Waals surface area (Å²) in [6, 6.07) is 6.84. The molecule has 1 aromatic rings. The third kappa shape index (κ3) is 4.70. The second kappa shape index (κ2) is 6.33. The molecule has 0 saturated heterocycles. The van der Waals surface area contributed by atoms with Crippen LogP contribution < -0.4 is 5.32 Å². The van der Waals surface area contributed by atoms with Crippen molar-refractivity contribution in [1.29, 1.82) is 0 Å². The molecule has 0 bridgehead atoms. The van der Waals surface area contributed by atoms with Gasteiger partial charge in [-0.3, -0.25) is 4.79 Å². The van der Waals surface area contributed by atoms with E-state index in [0.717, 1.165) is 0 Å². The van der Waals surface area contributed by atoms with Gasteiger partial charge in [-0.2, -0.15) is 0 Å². The number of carboxylic acids is 1. The van der Waals surface area contributed by atoms with Crippen molar-refractivity contribution in [2.45, 2.75) is 13.0 Å². The van der Waals surface area contributed by atoms with Crippen LogP contribution in [0.15, 0.2) is 30.3 Å². The summed E-state index contributed by atoms with van der Waals surface area (Å²) in [5, 5.41) is 11.3. The highest BCUT2D eigenvalue weighted by atomic mass is 32.2. The van der Waals surface area contributed by atoms with Gasteiger partial charge in [0, 0.05) is 5.75 Å². The van der Waals surface area contributed by atoms with Crippen molar-refractivity contribution in [2.75, 3.05) is 11.5 Å². The van der Waals surface area contributed by atoms with Crippen LogP contribution in [-0.2, 0) is 19.4 Å². The standard InChI is InChI=1S/C12H15NO5S/c1-2-19(17,18)8-10(14)13-11(12(15)16)9-6-4-3-5-7-9/h3-7,11H,2,8H2,1H3,(H,13,14)(H,15,16)/t11-/m0/s1. The van der Waals surface area contributed by atoms with Crippen LogP contribution in [-0.4, -0.2) is 36.9 Å². The molecule has 0 aliphatic rings. The molecule has 0 heterocycles. The lowest BCUT2D eigenvalue weighted by Gasteiger charge is -2.14. The average molecular weight is 285 g/mol. The minimum absolute atomic E-state index is 0.163. The van der Waals surface area contributed by atoms with Crippen LogP contribution in [0.25, 0.3) is 0 Å². The topological polar surface area (TPSA) is 101 Å². The van der Waals surface area contributed by atoms with Gasteiger partial charge < -0.3 is 10.4 Å². The maximum absolute atomic E-state index is 11.6. The molecule has 1 atom stereocenters. The van der Waals surface area contributed by atoms with E-state index in [1.165, 1.54) is 6.92 Å². The van der Waals surface area contributed by atoms with E-state index >= 15 is 0 Å². The Hall–Kier alpha value is -1.89. The van der Waals surface area contributed by atoms with E-state index < -0.39 is 33.5 Å². The Labute approximate surface area is 111 Å². The second-order valence-corrected chi connectivity index (χ2v) is 6.28. The summed E-state index contributed by atoms with van der Waals surface area (Å²) >= 11 is 0. The van der Waals surface area contributed by atoms with Gasteiger partial charge in [0.25, 0.3) is 0 Å². The average Bonchev–Trinajstić information content (AvgIpc) is 2.36. The van der Waals surface area contributed by atoms with Gasteiger partial charge in [0.2, 0.25) is 5.91 Å². The van der Waals surface area contributed by atoms with E-state index in [2.05, 4.69) is 5.32 Å². The molecular formula is C12H15NO5S. The highest BCUT2D eigenvalue weighted by Crippen LogP contribution is 2.12. The minimum Gasteiger partial charge on any atom is -0.479 e. The highest BCUT2D eigenvalue weighted by Gasteiger charge is 2.24. The summed E-state index contributed by atoms with van der Waals surface area (Å²) in [6.45, 7) is 1.43. The number of rotatable bonds is 6. The van der Waals surface area contributed by atoms with Gasteiger partial charge >= 0.3 is 5.97 Å². The van der Waals surface area contributed by atoms with Gasteiger partial charge in [0.15, 0.2) is 15.9 Å². The molecule has 7 heteroatoms. The fourth-order valence-electron chi connectivity index (χ4n) is 1.44. The summed E-state index contributed by atoms with van der Waals surface area (Å²) in [4.78, 5) is 22.7.